The molecule has 1 aliphatic heterocycles. The third-order valence-corrected chi connectivity index (χ3v) is 5.04. The minimum Gasteiger partial charge on any atom is -0.497 e. The maximum atomic E-state index is 13.0. The van der Waals surface area contributed by atoms with Crippen LogP contribution in [0.5, 0.6) is 5.75 Å². The number of ether oxygens (including phenoxy) is 1. The largest absolute Gasteiger partial charge is 0.497 e. The van der Waals surface area contributed by atoms with Gasteiger partial charge in [-0.2, -0.15) is 0 Å². The van der Waals surface area contributed by atoms with E-state index in [1.165, 1.54) is 4.68 Å². The zero-order valence-corrected chi connectivity index (χ0v) is 15.1. The average molecular weight is 354 g/mol. The second kappa shape index (κ2) is 6.48. The van der Waals surface area contributed by atoms with Crippen LogP contribution in [0.25, 0.3) is 16.6 Å². The van der Waals surface area contributed by atoms with E-state index in [1.807, 2.05) is 36.1 Å². The molecule has 0 spiro atoms. The normalized spacial score (nSPS) is 14.9. The Kier molecular flexibility index (Phi) is 4.14. The van der Waals surface area contributed by atoms with Crippen molar-refractivity contribution in [2.75, 3.05) is 20.2 Å². The molecule has 3 heterocycles. The summed E-state index contributed by atoms with van der Waals surface area (Å²) in [4.78, 5) is 27.3. The molecule has 1 amide bonds. The first kappa shape index (κ1) is 16.6. The van der Waals surface area contributed by atoms with Crippen molar-refractivity contribution < 1.29 is 9.53 Å². The molecule has 1 aliphatic rings. The fourth-order valence-corrected chi connectivity index (χ4v) is 3.62. The molecule has 0 unspecified atom stereocenters. The van der Waals surface area contributed by atoms with Crippen molar-refractivity contribution in [1.29, 1.82) is 0 Å². The van der Waals surface area contributed by atoms with Crippen LogP contribution in [0.3, 0.4) is 0 Å². The number of likely N-dealkylation sites (tertiary alicyclic amines) is 1. The van der Waals surface area contributed by atoms with Gasteiger partial charge in [0.05, 0.1) is 12.6 Å². The summed E-state index contributed by atoms with van der Waals surface area (Å²) in [5, 5.41) is 5.36. The number of benzene rings is 1. The molecule has 1 fully saturated rings. The van der Waals surface area contributed by atoms with Crippen LogP contribution in [0.2, 0.25) is 0 Å². The zero-order valence-electron chi connectivity index (χ0n) is 15.1. The number of piperidine rings is 1. The van der Waals surface area contributed by atoms with Crippen molar-refractivity contribution in [2.24, 2.45) is 0 Å². The molecule has 4 rings (SSSR count). The number of hydrogen-bond donors (Lipinski definition) is 0. The highest BCUT2D eigenvalue weighted by Crippen LogP contribution is 2.23. The van der Waals surface area contributed by atoms with Crippen LogP contribution in [0.15, 0.2) is 29.1 Å². The Bertz CT molecular complexity index is 1040. The van der Waals surface area contributed by atoms with Crippen LogP contribution in [0, 0.1) is 6.92 Å². The number of methoxy groups -OCH3 is 1. The van der Waals surface area contributed by atoms with E-state index in [0.29, 0.717) is 11.4 Å². The molecule has 3 aromatic rings. The quantitative estimate of drug-likeness (QED) is 0.721. The van der Waals surface area contributed by atoms with Gasteiger partial charge in [0.2, 0.25) is 5.91 Å². The second-order valence-electron chi connectivity index (χ2n) is 6.79. The maximum Gasteiger partial charge on any atom is 0.351 e. The van der Waals surface area contributed by atoms with E-state index in [0.717, 1.165) is 48.8 Å². The first-order chi connectivity index (χ1) is 12.6. The van der Waals surface area contributed by atoms with Gasteiger partial charge < -0.3 is 9.64 Å². The van der Waals surface area contributed by atoms with Crippen LogP contribution < -0.4 is 10.4 Å². The number of hydrogen-bond acceptors (Lipinski definition) is 4. The van der Waals surface area contributed by atoms with Gasteiger partial charge in [-0.15, -0.1) is 5.10 Å². The maximum absolute atomic E-state index is 13.0. The Morgan fingerprint density at radius 1 is 1.19 bits per heavy atom. The lowest BCUT2D eigenvalue weighted by Crippen LogP contribution is -2.39. The van der Waals surface area contributed by atoms with Gasteiger partial charge in [0.15, 0.2) is 5.65 Å². The molecule has 0 bridgehead atoms. The monoisotopic (exact) mass is 354 g/mol. The van der Waals surface area contributed by atoms with Gasteiger partial charge in [-0.1, -0.05) is 0 Å². The van der Waals surface area contributed by atoms with Crippen LogP contribution >= 0.6 is 0 Å². The third kappa shape index (κ3) is 2.73. The molecule has 7 nitrogen and oxygen atoms in total. The molecule has 0 radical (unpaired) electrons. The lowest BCUT2D eigenvalue weighted by molar-refractivity contribution is -0.132. The van der Waals surface area contributed by atoms with E-state index >= 15 is 0 Å². The highest BCUT2D eigenvalue weighted by molar-refractivity contribution is 5.84. The predicted molar refractivity (Wildman–Crippen MR) is 98.7 cm³/mol. The van der Waals surface area contributed by atoms with E-state index in [1.54, 1.807) is 11.5 Å². The van der Waals surface area contributed by atoms with Gasteiger partial charge in [-0.05, 0) is 55.3 Å². The molecule has 0 aliphatic carbocycles. The number of rotatable bonds is 3. The molecule has 0 saturated carbocycles. The summed E-state index contributed by atoms with van der Waals surface area (Å²) in [6.07, 6.45) is 3.20. The molecule has 0 N–H and O–H groups in total. The smallest absolute Gasteiger partial charge is 0.351 e. The Balaban J connectivity index is 1.80. The minimum atomic E-state index is -0.299. The number of nitrogens with zero attached hydrogens (tertiary/aromatic N) is 4. The summed E-state index contributed by atoms with van der Waals surface area (Å²) in [5.74, 6) is 0.626. The van der Waals surface area contributed by atoms with Crippen molar-refractivity contribution in [2.45, 2.75) is 32.7 Å². The highest BCUT2D eigenvalue weighted by atomic mass is 16.5. The summed E-state index contributed by atoms with van der Waals surface area (Å²) >= 11 is 0. The molecule has 1 aromatic carbocycles. The minimum absolute atomic E-state index is 0.0224. The van der Waals surface area contributed by atoms with Crippen molar-refractivity contribution in [3.05, 3.63) is 40.3 Å². The summed E-state index contributed by atoms with van der Waals surface area (Å²) in [6, 6.07) is 7.60. The van der Waals surface area contributed by atoms with Crippen molar-refractivity contribution >= 4 is 22.5 Å². The molecular weight excluding hydrogens is 332 g/mol. The number of aromatic nitrogens is 3. The van der Waals surface area contributed by atoms with Crippen LogP contribution in [0.1, 0.15) is 24.8 Å². The fraction of sp³-hybridized carbons (Fsp3) is 0.421. The molecule has 136 valence electrons. The second-order valence-corrected chi connectivity index (χ2v) is 6.79. The summed E-state index contributed by atoms with van der Waals surface area (Å²) in [5.41, 5.74) is 1.89. The Morgan fingerprint density at radius 2 is 1.96 bits per heavy atom. The van der Waals surface area contributed by atoms with Gasteiger partial charge in [0.25, 0.3) is 0 Å². The van der Waals surface area contributed by atoms with Crippen LogP contribution in [-0.4, -0.2) is 45.2 Å². The Morgan fingerprint density at radius 3 is 2.69 bits per heavy atom. The van der Waals surface area contributed by atoms with Gasteiger partial charge in [-0.25, -0.2) is 13.9 Å². The molecule has 1 saturated heterocycles. The number of pyridine rings is 1. The summed E-state index contributed by atoms with van der Waals surface area (Å²) in [6.45, 7) is 3.42. The number of fused-ring (bicyclic) bond motifs is 3. The lowest BCUT2D eigenvalue weighted by atomic mass is 10.1. The molecule has 7 heteroatoms. The van der Waals surface area contributed by atoms with E-state index in [4.69, 9.17) is 4.74 Å². The molecule has 2 aromatic heterocycles. The topological polar surface area (TPSA) is 68.8 Å². The van der Waals surface area contributed by atoms with Gasteiger partial charge in [0, 0.05) is 19.2 Å². The Labute approximate surface area is 150 Å². The average Bonchev–Trinajstić information content (AvgIpc) is 2.99. The lowest BCUT2D eigenvalue weighted by Gasteiger charge is -2.26. The predicted octanol–water partition coefficient (Wildman–Crippen LogP) is 1.98. The SMILES string of the molecule is COc1ccc2cc(C)c3nn(CC(=O)N4CCCCC4)c(=O)n3c2c1. The van der Waals surface area contributed by atoms with E-state index < -0.39 is 0 Å². The van der Waals surface area contributed by atoms with Crippen molar-refractivity contribution in [3.63, 3.8) is 0 Å². The van der Waals surface area contributed by atoms with Crippen molar-refractivity contribution in [3.8, 4) is 5.75 Å². The number of amides is 1. The molecule has 0 atom stereocenters. The third-order valence-electron chi connectivity index (χ3n) is 5.04. The molecular formula is C19H22N4O3. The van der Waals surface area contributed by atoms with Crippen LogP contribution in [0.4, 0.5) is 0 Å². The first-order valence-electron chi connectivity index (χ1n) is 8.93. The zero-order chi connectivity index (χ0) is 18.3. The van der Waals surface area contributed by atoms with E-state index in [9.17, 15) is 9.59 Å². The van der Waals surface area contributed by atoms with Gasteiger partial charge >= 0.3 is 5.69 Å². The summed E-state index contributed by atoms with van der Waals surface area (Å²) < 4.78 is 8.13. The number of carbonyl (C=O) groups excluding carboxylic acids is 1. The highest BCUT2D eigenvalue weighted by Gasteiger charge is 2.20. The standard InChI is InChI=1S/C19H22N4O3/c1-13-10-14-6-7-15(26-2)11-16(14)23-18(13)20-22(19(23)25)12-17(24)21-8-4-3-5-9-21/h6-7,10-11H,3-5,8-9,12H2,1-2H3. The number of aryl methyl sites for hydroxylation is 1. The van der Waals surface area contributed by atoms with Gasteiger partial charge in [-0.3, -0.25) is 4.79 Å². The van der Waals surface area contributed by atoms with E-state index in [-0.39, 0.29) is 18.1 Å². The summed E-state index contributed by atoms with van der Waals surface area (Å²) in [7, 11) is 1.59. The van der Waals surface area contributed by atoms with Crippen molar-refractivity contribution in [1.82, 2.24) is 19.1 Å². The Hall–Kier alpha value is -2.83. The first-order valence-corrected chi connectivity index (χ1v) is 8.93. The molecule has 26 heavy (non-hydrogen) atoms. The van der Waals surface area contributed by atoms with Crippen LogP contribution in [-0.2, 0) is 11.3 Å². The fourth-order valence-electron chi connectivity index (χ4n) is 3.62. The van der Waals surface area contributed by atoms with Gasteiger partial charge in [0.1, 0.15) is 12.3 Å². The number of carbonyl (C=O) groups is 1. The van der Waals surface area contributed by atoms with E-state index in [2.05, 4.69) is 5.10 Å².